The van der Waals surface area contributed by atoms with Crippen LogP contribution in [0.25, 0.3) is 0 Å². The molecular weight excluding hydrogens is 735 g/mol. The lowest BCUT2D eigenvalue weighted by Gasteiger charge is -2.19. The molecule has 0 fully saturated rings. The molecule has 0 aromatic rings. The van der Waals surface area contributed by atoms with Crippen LogP contribution in [0.2, 0.25) is 0 Å². The van der Waals surface area contributed by atoms with Gasteiger partial charge in [-0.05, 0) is 77.0 Å². The number of hydrogen-bond donors (Lipinski definition) is 3. The minimum Gasteiger partial charge on any atom is -0.394 e. The summed E-state index contributed by atoms with van der Waals surface area (Å²) in [5, 5.41) is 23.0. The van der Waals surface area contributed by atoms with Gasteiger partial charge in [-0.2, -0.15) is 0 Å². The molecule has 0 aliphatic rings. The Hall–Kier alpha value is -2.43. The average molecular weight is 834 g/mol. The average Bonchev–Trinajstić information content (AvgIpc) is 3.25. The molecule has 3 N–H and O–H groups in total. The number of unbranched alkanes of at least 4 members (excludes halogenated alkanes) is 27. The van der Waals surface area contributed by atoms with E-state index in [1.54, 1.807) is 6.08 Å². The molecule has 0 aromatic carbocycles. The molecule has 2 atom stereocenters. The molecule has 0 spiro atoms. The normalized spacial score (nSPS) is 13.6. The van der Waals surface area contributed by atoms with E-state index in [1.807, 2.05) is 6.08 Å². The van der Waals surface area contributed by atoms with Gasteiger partial charge in [0.2, 0.25) is 5.91 Å². The number of nitrogens with one attached hydrogen (secondary N) is 1. The van der Waals surface area contributed by atoms with Crippen molar-refractivity contribution in [3.63, 3.8) is 0 Å². The maximum atomic E-state index is 12.4. The minimum atomic E-state index is -0.864. The van der Waals surface area contributed by atoms with E-state index in [1.165, 1.54) is 161 Å². The fourth-order valence-electron chi connectivity index (χ4n) is 7.46. The van der Waals surface area contributed by atoms with Crippen LogP contribution >= 0.6 is 0 Å². The maximum Gasteiger partial charge on any atom is 0.220 e. The maximum absolute atomic E-state index is 12.4. The Labute approximate surface area is 373 Å². The fourth-order valence-corrected chi connectivity index (χ4v) is 7.46. The highest BCUT2D eigenvalue weighted by atomic mass is 16.3. The lowest BCUT2D eigenvalue weighted by atomic mass is 10.0. The van der Waals surface area contributed by atoms with Crippen LogP contribution in [0.15, 0.2) is 85.1 Å². The molecule has 0 radical (unpaired) electrons. The van der Waals surface area contributed by atoms with Gasteiger partial charge in [0.1, 0.15) is 0 Å². The number of hydrogen-bond acceptors (Lipinski definition) is 3. The number of carbonyl (C=O) groups excluding carboxylic acids is 1. The van der Waals surface area contributed by atoms with Crippen LogP contribution in [0.1, 0.15) is 245 Å². The summed E-state index contributed by atoms with van der Waals surface area (Å²) >= 11 is 0. The second kappa shape index (κ2) is 50.9. The largest absolute Gasteiger partial charge is 0.394 e. The van der Waals surface area contributed by atoms with E-state index < -0.39 is 12.1 Å². The Balaban J connectivity index is 3.52. The lowest BCUT2D eigenvalue weighted by molar-refractivity contribution is -0.123. The van der Waals surface area contributed by atoms with Gasteiger partial charge in [-0.3, -0.25) is 4.79 Å². The van der Waals surface area contributed by atoms with Crippen molar-refractivity contribution in [2.24, 2.45) is 0 Å². The van der Waals surface area contributed by atoms with Gasteiger partial charge in [0.15, 0.2) is 0 Å². The van der Waals surface area contributed by atoms with E-state index in [2.05, 4.69) is 92.1 Å². The molecule has 4 nitrogen and oxygen atoms in total. The Morgan fingerprint density at radius 1 is 0.417 bits per heavy atom. The molecule has 2 unspecified atom stereocenters. The van der Waals surface area contributed by atoms with Crippen LogP contribution < -0.4 is 5.32 Å². The Morgan fingerprint density at radius 2 is 0.750 bits per heavy atom. The zero-order chi connectivity index (χ0) is 43.5. The quantitative estimate of drug-likeness (QED) is 0.0423. The van der Waals surface area contributed by atoms with Gasteiger partial charge < -0.3 is 15.5 Å². The van der Waals surface area contributed by atoms with Crippen molar-refractivity contribution in [3.8, 4) is 0 Å². The van der Waals surface area contributed by atoms with E-state index in [0.29, 0.717) is 6.42 Å². The van der Waals surface area contributed by atoms with Crippen molar-refractivity contribution in [1.82, 2.24) is 5.32 Å². The van der Waals surface area contributed by atoms with Crippen LogP contribution in [0.4, 0.5) is 0 Å². The van der Waals surface area contributed by atoms with Gasteiger partial charge in [0, 0.05) is 6.42 Å². The van der Waals surface area contributed by atoms with Gasteiger partial charge in [-0.25, -0.2) is 0 Å². The Kier molecular flexibility index (Phi) is 48.9. The van der Waals surface area contributed by atoms with Crippen molar-refractivity contribution in [3.05, 3.63) is 85.1 Å². The molecule has 0 rings (SSSR count). The highest BCUT2D eigenvalue weighted by Gasteiger charge is 2.17. The first-order chi connectivity index (χ1) is 29.7. The van der Waals surface area contributed by atoms with Gasteiger partial charge >= 0.3 is 0 Å². The van der Waals surface area contributed by atoms with Crippen molar-refractivity contribution in [1.29, 1.82) is 0 Å². The van der Waals surface area contributed by atoms with Crippen LogP contribution in [-0.4, -0.2) is 34.9 Å². The second-order valence-electron chi connectivity index (χ2n) is 17.2. The number of aliphatic hydroxyl groups is 2. The first-order valence-corrected chi connectivity index (χ1v) is 25.8. The van der Waals surface area contributed by atoms with E-state index >= 15 is 0 Å². The van der Waals surface area contributed by atoms with Crippen molar-refractivity contribution < 1.29 is 15.0 Å². The zero-order valence-electron chi connectivity index (χ0n) is 39.7. The number of aliphatic hydroxyl groups excluding tert-OH is 2. The third kappa shape index (κ3) is 46.6. The molecular formula is C56H99NO3. The Morgan fingerprint density at radius 3 is 1.17 bits per heavy atom. The summed E-state index contributed by atoms with van der Waals surface area (Å²) in [5.74, 6) is -0.0750. The smallest absolute Gasteiger partial charge is 0.220 e. The Bertz CT molecular complexity index is 1080. The minimum absolute atomic E-state index is 0.0750. The summed E-state index contributed by atoms with van der Waals surface area (Å²) in [6, 6.07) is -0.641. The third-order valence-corrected chi connectivity index (χ3v) is 11.4. The molecule has 346 valence electrons. The first kappa shape index (κ1) is 57.6. The van der Waals surface area contributed by atoms with E-state index in [0.717, 1.165) is 64.2 Å². The molecule has 0 bridgehead atoms. The zero-order valence-corrected chi connectivity index (χ0v) is 39.7. The molecule has 0 heterocycles. The summed E-state index contributed by atoms with van der Waals surface area (Å²) < 4.78 is 0. The molecule has 0 saturated heterocycles. The standard InChI is InChI=1S/C56H99NO3/c1-3-5-7-9-11-13-15-17-19-20-21-22-23-24-25-26-27-28-29-30-31-32-33-34-35-36-38-40-42-44-46-48-50-52-56(60)57-54(53-58)55(59)51-49-47-45-43-41-39-37-18-16-14-12-10-8-6-4-2/h5,7,11,13,17,19,21-22,24-25,41,43,49,51,54-55,58-59H,3-4,6,8-10,12,14-16,18,20,23,26-40,42,44-48,50,52-53H2,1-2H3,(H,57,60)/b7-5-,13-11-,19-17-,22-21-,25-24-,43-41+,51-49+. The van der Waals surface area contributed by atoms with Crippen LogP contribution in [0.5, 0.6) is 0 Å². The monoisotopic (exact) mass is 834 g/mol. The molecule has 60 heavy (non-hydrogen) atoms. The van der Waals surface area contributed by atoms with Crippen molar-refractivity contribution >= 4 is 5.91 Å². The number of allylic oxidation sites excluding steroid dienone is 13. The van der Waals surface area contributed by atoms with Crippen molar-refractivity contribution in [2.75, 3.05) is 6.61 Å². The summed E-state index contributed by atoms with van der Waals surface area (Å²) in [6.07, 6.45) is 74.4. The van der Waals surface area contributed by atoms with Crippen LogP contribution in [0.3, 0.4) is 0 Å². The van der Waals surface area contributed by atoms with Crippen LogP contribution in [0, 0.1) is 0 Å². The number of amides is 1. The topological polar surface area (TPSA) is 69.6 Å². The van der Waals surface area contributed by atoms with E-state index in [-0.39, 0.29) is 12.5 Å². The summed E-state index contributed by atoms with van der Waals surface area (Å²) in [5.41, 5.74) is 0. The molecule has 1 amide bonds. The first-order valence-electron chi connectivity index (χ1n) is 25.8. The van der Waals surface area contributed by atoms with Gasteiger partial charge in [0.05, 0.1) is 18.8 Å². The molecule has 0 aliphatic carbocycles. The summed E-state index contributed by atoms with van der Waals surface area (Å²) in [6.45, 7) is 4.18. The highest BCUT2D eigenvalue weighted by Crippen LogP contribution is 2.15. The highest BCUT2D eigenvalue weighted by molar-refractivity contribution is 5.76. The molecule has 0 aromatic heterocycles. The van der Waals surface area contributed by atoms with E-state index in [9.17, 15) is 15.0 Å². The number of carbonyl (C=O) groups is 1. The molecule has 4 heteroatoms. The van der Waals surface area contributed by atoms with E-state index in [4.69, 9.17) is 0 Å². The predicted molar refractivity (Wildman–Crippen MR) is 267 cm³/mol. The predicted octanol–water partition coefficient (Wildman–Crippen LogP) is 16.8. The van der Waals surface area contributed by atoms with Gasteiger partial charge in [-0.15, -0.1) is 0 Å². The molecule has 0 saturated carbocycles. The number of rotatable bonds is 46. The third-order valence-electron chi connectivity index (χ3n) is 11.4. The van der Waals surface area contributed by atoms with Crippen molar-refractivity contribution in [2.45, 2.75) is 257 Å². The van der Waals surface area contributed by atoms with Gasteiger partial charge in [0.25, 0.3) is 0 Å². The summed E-state index contributed by atoms with van der Waals surface area (Å²) in [4.78, 5) is 12.4. The van der Waals surface area contributed by atoms with Crippen LogP contribution in [-0.2, 0) is 4.79 Å². The lowest BCUT2D eigenvalue weighted by Crippen LogP contribution is -2.45. The fraction of sp³-hybridized carbons (Fsp3) is 0.732. The second-order valence-corrected chi connectivity index (χ2v) is 17.2. The molecule has 0 aliphatic heterocycles. The van der Waals surface area contributed by atoms with Gasteiger partial charge in [-0.1, -0.05) is 247 Å². The SMILES string of the molecule is CC/C=C\C/C=C\C/C=C\C/C=C\C/C=C\CCCCCCCCCCCCCCCCCCCC(=O)NC(CO)C(O)/C=C/CC/C=C/CCCCCCCCCCC. The summed E-state index contributed by atoms with van der Waals surface area (Å²) in [7, 11) is 0.